The Labute approximate surface area is 145 Å². The molecule has 0 saturated carbocycles. The van der Waals surface area contributed by atoms with Crippen LogP contribution in [0.4, 0.5) is 5.69 Å². The van der Waals surface area contributed by atoms with Crippen molar-refractivity contribution in [3.05, 3.63) is 52.9 Å². The molecule has 0 aliphatic carbocycles. The molecule has 1 aromatic heterocycles. The lowest BCUT2D eigenvalue weighted by Gasteiger charge is -2.21. The van der Waals surface area contributed by atoms with Gasteiger partial charge >= 0.3 is 0 Å². The summed E-state index contributed by atoms with van der Waals surface area (Å²) >= 11 is 6.17. The molecule has 1 aliphatic rings. The average Bonchev–Trinajstić information content (AvgIpc) is 3.13. The third-order valence-electron chi connectivity index (χ3n) is 4.18. The van der Waals surface area contributed by atoms with E-state index in [1.165, 1.54) is 0 Å². The fraction of sp³-hybridized carbons (Fsp3) is 0.333. The van der Waals surface area contributed by atoms with Crippen LogP contribution in [0.1, 0.15) is 17.9 Å². The average molecular weight is 347 g/mol. The van der Waals surface area contributed by atoms with Crippen molar-refractivity contribution < 1.29 is 14.0 Å². The third kappa shape index (κ3) is 3.31. The normalized spacial score (nSPS) is 17.4. The smallest absolute Gasteiger partial charge is 0.228 e. The first kappa shape index (κ1) is 16.6. The molecular weight excluding hydrogens is 328 g/mol. The van der Waals surface area contributed by atoms with E-state index in [1.54, 1.807) is 29.0 Å². The SMILES string of the molecule is Cc1ccc(CN(C)C(=O)C2CC(=O)N(c3ccccc3Cl)C2)o1. The van der Waals surface area contributed by atoms with Crippen molar-refractivity contribution in [2.45, 2.75) is 19.9 Å². The summed E-state index contributed by atoms with van der Waals surface area (Å²) in [6, 6.07) is 10.9. The first-order chi connectivity index (χ1) is 11.5. The summed E-state index contributed by atoms with van der Waals surface area (Å²) in [5.41, 5.74) is 0.656. The van der Waals surface area contributed by atoms with Gasteiger partial charge in [0.1, 0.15) is 11.5 Å². The number of rotatable bonds is 4. The highest BCUT2D eigenvalue weighted by molar-refractivity contribution is 6.33. The standard InChI is InChI=1S/C18H19ClN2O3/c1-12-7-8-14(24-12)11-20(2)18(23)13-9-17(22)21(10-13)16-6-4-3-5-15(16)19/h3-8,13H,9-11H2,1-2H3. The van der Waals surface area contributed by atoms with Crippen molar-refractivity contribution in [1.82, 2.24) is 4.90 Å². The van der Waals surface area contributed by atoms with Crippen LogP contribution in [-0.4, -0.2) is 30.3 Å². The van der Waals surface area contributed by atoms with E-state index in [0.717, 1.165) is 11.5 Å². The lowest BCUT2D eigenvalue weighted by molar-refractivity contribution is -0.135. The Balaban J connectivity index is 1.68. The van der Waals surface area contributed by atoms with Gasteiger partial charge in [-0.15, -0.1) is 0 Å². The third-order valence-corrected chi connectivity index (χ3v) is 4.50. The van der Waals surface area contributed by atoms with Gasteiger partial charge in [-0.1, -0.05) is 23.7 Å². The maximum atomic E-state index is 12.6. The molecular formula is C18H19ClN2O3. The zero-order chi connectivity index (χ0) is 17.3. The number of amides is 2. The summed E-state index contributed by atoms with van der Waals surface area (Å²) in [6.07, 6.45) is 0.200. The molecule has 0 N–H and O–H groups in total. The number of carbonyl (C=O) groups excluding carboxylic acids is 2. The molecule has 5 nitrogen and oxygen atoms in total. The molecule has 2 amide bonds. The Morgan fingerprint density at radius 3 is 2.75 bits per heavy atom. The Bertz CT molecular complexity index is 771. The number of para-hydroxylation sites is 1. The van der Waals surface area contributed by atoms with E-state index in [1.807, 2.05) is 31.2 Å². The van der Waals surface area contributed by atoms with E-state index in [4.69, 9.17) is 16.0 Å². The molecule has 2 aromatic rings. The Morgan fingerprint density at radius 2 is 2.08 bits per heavy atom. The lowest BCUT2D eigenvalue weighted by atomic mass is 10.1. The molecule has 24 heavy (non-hydrogen) atoms. The van der Waals surface area contributed by atoms with Crippen LogP contribution in [0.15, 0.2) is 40.8 Å². The van der Waals surface area contributed by atoms with Crippen molar-refractivity contribution in [2.75, 3.05) is 18.5 Å². The topological polar surface area (TPSA) is 53.8 Å². The Kier molecular flexibility index (Phi) is 4.62. The fourth-order valence-electron chi connectivity index (χ4n) is 2.97. The van der Waals surface area contributed by atoms with Gasteiger partial charge in [0.05, 0.1) is 23.2 Å². The van der Waals surface area contributed by atoms with Gasteiger partial charge in [0.25, 0.3) is 0 Å². The van der Waals surface area contributed by atoms with Gasteiger partial charge in [0, 0.05) is 20.0 Å². The first-order valence-electron chi connectivity index (χ1n) is 7.81. The molecule has 1 atom stereocenters. The van der Waals surface area contributed by atoms with Gasteiger partial charge in [0.15, 0.2) is 0 Å². The van der Waals surface area contributed by atoms with Crippen LogP contribution >= 0.6 is 11.6 Å². The molecule has 1 unspecified atom stereocenters. The number of nitrogens with zero attached hydrogens (tertiary/aromatic N) is 2. The lowest BCUT2D eigenvalue weighted by Crippen LogP contribution is -2.34. The summed E-state index contributed by atoms with van der Waals surface area (Å²) < 4.78 is 5.51. The molecule has 3 rings (SSSR count). The summed E-state index contributed by atoms with van der Waals surface area (Å²) in [5, 5.41) is 0.512. The maximum Gasteiger partial charge on any atom is 0.228 e. The largest absolute Gasteiger partial charge is 0.464 e. The molecule has 1 aromatic carbocycles. The van der Waals surface area contributed by atoms with E-state index in [-0.39, 0.29) is 24.2 Å². The monoisotopic (exact) mass is 346 g/mol. The highest BCUT2D eigenvalue weighted by atomic mass is 35.5. The van der Waals surface area contributed by atoms with E-state index in [0.29, 0.717) is 23.8 Å². The molecule has 0 bridgehead atoms. The highest BCUT2D eigenvalue weighted by Gasteiger charge is 2.37. The number of benzene rings is 1. The number of hydrogen-bond donors (Lipinski definition) is 0. The molecule has 1 fully saturated rings. The van der Waals surface area contributed by atoms with Gasteiger partial charge in [-0.3, -0.25) is 9.59 Å². The second-order valence-corrected chi connectivity index (χ2v) is 6.47. The summed E-state index contributed by atoms with van der Waals surface area (Å²) in [5.74, 6) is 1.04. The Morgan fingerprint density at radius 1 is 1.33 bits per heavy atom. The van der Waals surface area contributed by atoms with Gasteiger partial charge < -0.3 is 14.2 Å². The number of carbonyl (C=O) groups is 2. The molecule has 2 heterocycles. The van der Waals surface area contributed by atoms with Gasteiger partial charge in [-0.2, -0.15) is 0 Å². The van der Waals surface area contributed by atoms with Crippen LogP contribution < -0.4 is 4.90 Å². The van der Waals surface area contributed by atoms with Crippen molar-refractivity contribution in [3.8, 4) is 0 Å². The minimum atomic E-state index is -0.366. The van der Waals surface area contributed by atoms with Crippen LogP contribution in [0.25, 0.3) is 0 Å². The molecule has 6 heteroatoms. The maximum absolute atomic E-state index is 12.6. The van der Waals surface area contributed by atoms with Crippen LogP contribution in [0.2, 0.25) is 5.02 Å². The summed E-state index contributed by atoms with van der Waals surface area (Å²) in [7, 11) is 1.73. The second kappa shape index (κ2) is 6.69. The van der Waals surface area contributed by atoms with Gasteiger partial charge in [0.2, 0.25) is 11.8 Å². The summed E-state index contributed by atoms with van der Waals surface area (Å²) in [6.45, 7) is 2.61. The van der Waals surface area contributed by atoms with Crippen LogP contribution in [-0.2, 0) is 16.1 Å². The molecule has 1 saturated heterocycles. The molecule has 0 spiro atoms. The molecule has 126 valence electrons. The zero-order valence-corrected chi connectivity index (χ0v) is 14.4. The van der Waals surface area contributed by atoms with Gasteiger partial charge in [-0.25, -0.2) is 0 Å². The van der Waals surface area contributed by atoms with Crippen LogP contribution in [0, 0.1) is 12.8 Å². The van der Waals surface area contributed by atoms with E-state index < -0.39 is 0 Å². The van der Waals surface area contributed by atoms with Crippen molar-refractivity contribution in [3.63, 3.8) is 0 Å². The van der Waals surface area contributed by atoms with Crippen molar-refractivity contribution >= 4 is 29.1 Å². The number of furan rings is 1. The number of hydrogen-bond acceptors (Lipinski definition) is 3. The minimum Gasteiger partial charge on any atom is -0.464 e. The van der Waals surface area contributed by atoms with Crippen LogP contribution in [0.5, 0.6) is 0 Å². The predicted molar refractivity (Wildman–Crippen MR) is 91.8 cm³/mol. The highest BCUT2D eigenvalue weighted by Crippen LogP contribution is 2.31. The summed E-state index contributed by atoms with van der Waals surface area (Å²) in [4.78, 5) is 28.1. The molecule has 0 radical (unpaired) electrons. The number of aryl methyl sites for hydroxylation is 1. The quantitative estimate of drug-likeness (QED) is 0.853. The van der Waals surface area contributed by atoms with Crippen molar-refractivity contribution in [1.29, 1.82) is 0 Å². The van der Waals surface area contributed by atoms with Crippen molar-refractivity contribution in [2.24, 2.45) is 5.92 Å². The molecule has 1 aliphatic heterocycles. The minimum absolute atomic E-state index is 0.0630. The zero-order valence-electron chi connectivity index (χ0n) is 13.7. The number of halogens is 1. The van der Waals surface area contributed by atoms with E-state index in [9.17, 15) is 9.59 Å². The Hall–Kier alpha value is -2.27. The number of anilines is 1. The predicted octanol–water partition coefficient (Wildman–Crippen LogP) is 3.25. The second-order valence-electron chi connectivity index (χ2n) is 6.06. The van der Waals surface area contributed by atoms with E-state index >= 15 is 0 Å². The van der Waals surface area contributed by atoms with Gasteiger partial charge in [-0.05, 0) is 31.2 Å². The van der Waals surface area contributed by atoms with E-state index in [2.05, 4.69) is 0 Å². The van der Waals surface area contributed by atoms with Crippen LogP contribution in [0.3, 0.4) is 0 Å². The first-order valence-corrected chi connectivity index (χ1v) is 8.18. The fourth-order valence-corrected chi connectivity index (χ4v) is 3.21.